The van der Waals surface area contributed by atoms with Gasteiger partial charge in [0.1, 0.15) is 23.3 Å². The monoisotopic (exact) mass is 730 g/mol. The molecule has 7 aromatic rings. The molecule has 3 aromatic heterocycles. The van der Waals surface area contributed by atoms with E-state index in [4.69, 9.17) is 9.47 Å². The molecule has 1 fully saturated rings. The predicted octanol–water partition coefficient (Wildman–Crippen LogP) is 7.47. The first-order valence-electron chi connectivity index (χ1n) is 18.4. The molecular weight excluding hydrogens is 693 g/mol. The van der Waals surface area contributed by atoms with Crippen LogP contribution in [0.5, 0.6) is 11.5 Å². The highest BCUT2D eigenvalue weighted by Gasteiger charge is 2.41. The summed E-state index contributed by atoms with van der Waals surface area (Å²) in [6.07, 6.45) is 6.84. The minimum Gasteiger partial charge on any atom is -0.497 e. The number of carbonyl (C=O) groups excluding carboxylic acids is 2. The molecule has 1 aliphatic carbocycles. The van der Waals surface area contributed by atoms with Crippen molar-refractivity contribution in [1.29, 1.82) is 5.26 Å². The number of rotatable bonds is 8. The Morgan fingerprint density at radius 2 is 1.36 bits per heavy atom. The molecule has 274 valence electrons. The topological polar surface area (TPSA) is 116 Å². The number of fused-ring (bicyclic) bond motifs is 3. The minimum atomic E-state index is -0.348. The average molecular weight is 731 g/mol. The lowest BCUT2D eigenvalue weighted by atomic mass is 9.90. The third kappa shape index (κ3) is 5.28. The number of ether oxygens (including phenoxy) is 2. The van der Waals surface area contributed by atoms with E-state index in [0.717, 1.165) is 45.8 Å². The van der Waals surface area contributed by atoms with Crippen LogP contribution < -0.4 is 15.2 Å². The summed E-state index contributed by atoms with van der Waals surface area (Å²) in [5.41, 5.74) is 5.42. The summed E-state index contributed by atoms with van der Waals surface area (Å²) < 4.78 is 18.6. The maximum Gasteiger partial charge on any atom is 0.334 e. The Labute approximate surface area is 316 Å². The number of amides is 2. The van der Waals surface area contributed by atoms with E-state index in [1.807, 2.05) is 72.4 Å². The molecule has 11 heteroatoms. The zero-order valence-corrected chi connectivity index (χ0v) is 30.7. The number of imidazole rings is 1. The van der Waals surface area contributed by atoms with E-state index in [-0.39, 0.29) is 41.8 Å². The first-order chi connectivity index (χ1) is 26.8. The summed E-state index contributed by atoms with van der Waals surface area (Å²) in [6.45, 7) is 0.0973. The van der Waals surface area contributed by atoms with E-state index < -0.39 is 0 Å². The van der Waals surface area contributed by atoms with E-state index in [2.05, 4.69) is 22.9 Å². The van der Waals surface area contributed by atoms with E-state index in [1.54, 1.807) is 49.1 Å². The van der Waals surface area contributed by atoms with Crippen molar-refractivity contribution < 1.29 is 19.1 Å². The molecule has 9 rings (SSSR count). The zero-order chi connectivity index (χ0) is 38.0. The molecule has 0 unspecified atom stereocenters. The molecule has 0 atom stereocenters. The molecule has 11 nitrogen and oxygen atoms in total. The number of carbonyl (C=O) groups is 2. The van der Waals surface area contributed by atoms with Crippen LogP contribution in [0.4, 0.5) is 0 Å². The minimum absolute atomic E-state index is 0.0685. The molecule has 1 saturated carbocycles. The summed E-state index contributed by atoms with van der Waals surface area (Å²) >= 11 is 0. The first kappa shape index (κ1) is 34.0. The van der Waals surface area contributed by atoms with Gasteiger partial charge in [0, 0.05) is 70.5 Å². The molecule has 0 N–H and O–H groups in total. The van der Waals surface area contributed by atoms with Crippen LogP contribution in [0.3, 0.4) is 0 Å². The van der Waals surface area contributed by atoms with Crippen molar-refractivity contribution in [2.24, 2.45) is 7.05 Å². The molecule has 0 saturated heterocycles. The number of para-hydroxylation sites is 2. The van der Waals surface area contributed by atoms with Crippen LogP contribution in [0.1, 0.15) is 63.7 Å². The smallest absolute Gasteiger partial charge is 0.334 e. The van der Waals surface area contributed by atoms with Crippen LogP contribution in [0.2, 0.25) is 0 Å². The van der Waals surface area contributed by atoms with Crippen molar-refractivity contribution in [2.45, 2.75) is 44.3 Å². The Morgan fingerprint density at radius 1 is 0.727 bits per heavy atom. The number of hydrogen-bond acceptors (Lipinski definition) is 6. The van der Waals surface area contributed by atoms with Gasteiger partial charge in [-0.1, -0.05) is 48.5 Å². The number of methoxy groups -OCH3 is 2. The largest absolute Gasteiger partial charge is 0.497 e. The molecule has 55 heavy (non-hydrogen) atoms. The molecule has 0 spiro atoms. The Kier molecular flexibility index (Phi) is 8.19. The highest BCUT2D eigenvalue weighted by Crippen LogP contribution is 2.41. The van der Waals surface area contributed by atoms with Crippen molar-refractivity contribution in [3.05, 3.63) is 136 Å². The lowest BCUT2D eigenvalue weighted by Crippen LogP contribution is -2.42. The van der Waals surface area contributed by atoms with E-state index in [9.17, 15) is 19.6 Å². The van der Waals surface area contributed by atoms with Gasteiger partial charge in [-0.2, -0.15) is 5.26 Å². The summed E-state index contributed by atoms with van der Waals surface area (Å²) in [6, 6.07) is 30.8. The highest BCUT2D eigenvalue weighted by molar-refractivity contribution is 6.21. The fourth-order valence-corrected chi connectivity index (χ4v) is 8.76. The predicted molar refractivity (Wildman–Crippen MR) is 209 cm³/mol. The van der Waals surface area contributed by atoms with Crippen LogP contribution in [0, 0.1) is 11.3 Å². The van der Waals surface area contributed by atoms with Gasteiger partial charge in [-0.25, -0.2) is 4.79 Å². The summed E-state index contributed by atoms with van der Waals surface area (Å²) in [7, 11) is 5.10. The standard InChI is InChI=1S/C44H38N6O5/c1-46-26-39(34-13-7-8-14-36(34)46)50-41(38(23-45)48(44(50)53)24-27-16-21-30(54-2)22-40(27)55-3)35-25-47(37-15-9-6-10-31(35)37)28-17-19-29(20-18-28)49-42(51)32-11-4-5-12-33(32)43(49)52/h4-16,21-22,25-26,28-29H,17-20,24H2,1-3H3/t28-,29+. The first-order valence-corrected chi connectivity index (χ1v) is 18.4. The van der Waals surface area contributed by atoms with Gasteiger partial charge in [-0.15, -0.1) is 0 Å². The number of nitrogens with zero attached hydrogens (tertiary/aromatic N) is 6. The summed E-state index contributed by atoms with van der Waals surface area (Å²) in [5.74, 6) is 0.728. The van der Waals surface area contributed by atoms with Crippen LogP contribution >= 0.6 is 0 Å². The van der Waals surface area contributed by atoms with Crippen molar-refractivity contribution in [3.8, 4) is 34.5 Å². The fraction of sp³-hybridized carbons (Fsp3) is 0.227. The zero-order valence-electron chi connectivity index (χ0n) is 30.7. The number of nitriles is 1. The Hall–Kier alpha value is -6.80. The second-order valence-electron chi connectivity index (χ2n) is 14.3. The van der Waals surface area contributed by atoms with E-state index in [0.29, 0.717) is 46.8 Å². The maximum absolute atomic E-state index is 14.9. The van der Waals surface area contributed by atoms with Gasteiger partial charge in [0.25, 0.3) is 11.8 Å². The molecule has 1 aliphatic heterocycles. The Morgan fingerprint density at radius 3 is 2.04 bits per heavy atom. The normalized spacial score (nSPS) is 16.9. The molecule has 4 heterocycles. The summed E-state index contributed by atoms with van der Waals surface area (Å²) in [5, 5.41) is 12.8. The molecule has 4 aromatic carbocycles. The molecule has 2 amide bonds. The van der Waals surface area contributed by atoms with E-state index in [1.165, 1.54) is 9.47 Å². The number of benzene rings is 4. The second-order valence-corrected chi connectivity index (χ2v) is 14.3. The lowest BCUT2D eigenvalue weighted by Gasteiger charge is -2.34. The maximum atomic E-state index is 14.9. The molecule has 0 bridgehead atoms. The van der Waals surface area contributed by atoms with Gasteiger partial charge in [-0.3, -0.25) is 23.6 Å². The van der Waals surface area contributed by atoms with Gasteiger partial charge in [-0.05, 0) is 62.1 Å². The third-order valence-electron chi connectivity index (χ3n) is 11.4. The van der Waals surface area contributed by atoms with E-state index >= 15 is 0 Å². The van der Waals surface area contributed by atoms with Crippen molar-refractivity contribution in [1.82, 2.24) is 23.2 Å². The lowest BCUT2D eigenvalue weighted by molar-refractivity contribution is 0.0533. The molecule has 0 radical (unpaired) electrons. The van der Waals surface area contributed by atoms with Gasteiger partial charge in [0.15, 0.2) is 0 Å². The van der Waals surface area contributed by atoms with Gasteiger partial charge in [0.2, 0.25) is 0 Å². The highest BCUT2D eigenvalue weighted by atomic mass is 16.5. The van der Waals surface area contributed by atoms with Crippen LogP contribution in [0.25, 0.3) is 38.8 Å². The van der Waals surface area contributed by atoms with Gasteiger partial charge < -0.3 is 18.6 Å². The van der Waals surface area contributed by atoms with Gasteiger partial charge in [0.05, 0.1) is 43.3 Å². The molecule has 2 aliphatic rings. The van der Waals surface area contributed by atoms with Crippen LogP contribution in [0.15, 0.2) is 108 Å². The number of imide groups is 1. The SMILES string of the molecule is COc1ccc(Cn2c(C#N)c(-c3cn([C@H]4CC[C@@H](N5C(=O)c6ccccc6C5=O)CC4)c4ccccc34)n(-c3cn(C)c4ccccc34)c2=O)c(OC)c1. The number of hydrogen-bond donors (Lipinski definition) is 0. The summed E-state index contributed by atoms with van der Waals surface area (Å²) in [4.78, 5) is 43.0. The van der Waals surface area contributed by atoms with Crippen LogP contribution in [-0.4, -0.2) is 55.2 Å². The second kappa shape index (κ2) is 13.2. The van der Waals surface area contributed by atoms with Crippen molar-refractivity contribution in [3.63, 3.8) is 0 Å². The Bertz CT molecular complexity index is 2750. The number of aryl methyl sites for hydroxylation is 1. The quantitative estimate of drug-likeness (QED) is 0.150. The third-order valence-corrected chi connectivity index (χ3v) is 11.4. The van der Waals surface area contributed by atoms with Crippen LogP contribution in [-0.2, 0) is 13.6 Å². The van der Waals surface area contributed by atoms with Gasteiger partial charge >= 0.3 is 5.69 Å². The average Bonchev–Trinajstić information content (AvgIpc) is 3.92. The Balaban J connectivity index is 1.17. The van der Waals surface area contributed by atoms with Crippen molar-refractivity contribution in [2.75, 3.05) is 14.2 Å². The van der Waals surface area contributed by atoms with Crippen molar-refractivity contribution >= 4 is 33.6 Å². The fourth-order valence-electron chi connectivity index (χ4n) is 8.76. The molecular formula is C44H38N6O5. The number of aromatic nitrogens is 4.